The molecule has 1 atom stereocenters. The van der Waals surface area contributed by atoms with E-state index in [-0.39, 0.29) is 11.9 Å². The van der Waals surface area contributed by atoms with Crippen molar-refractivity contribution in [3.8, 4) is 5.75 Å². The minimum Gasteiger partial charge on any atom is -0.496 e. The number of hydrogen-bond donors (Lipinski definition) is 1. The van der Waals surface area contributed by atoms with Crippen LogP contribution in [0.4, 0.5) is 0 Å². The number of benzene rings is 2. The van der Waals surface area contributed by atoms with E-state index in [1.807, 2.05) is 32.2 Å². The summed E-state index contributed by atoms with van der Waals surface area (Å²) in [5, 5.41) is 3.03. The van der Waals surface area contributed by atoms with Crippen molar-refractivity contribution < 1.29 is 9.53 Å². The van der Waals surface area contributed by atoms with E-state index in [9.17, 15) is 4.79 Å². The summed E-state index contributed by atoms with van der Waals surface area (Å²) in [5.41, 5.74) is 2.69. The van der Waals surface area contributed by atoms with E-state index in [2.05, 4.69) is 29.6 Å². The van der Waals surface area contributed by atoms with Crippen LogP contribution in [0.1, 0.15) is 34.5 Å². The fourth-order valence-corrected chi connectivity index (χ4v) is 2.68. The monoisotopic (exact) mass is 315 g/mol. The Kier molecular flexibility index (Phi) is 5.50. The number of hydrogen-bond acceptors (Lipinski definition) is 3. The average molecular weight is 315 g/mol. The van der Waals surface area contributed by atoms with Crippen LogP contribution in [0.15, 0.2) is 47.4 Å². The van der Waals surface area contributed by atoms with E-state index < -0.39 is 0 Å². The normalized spacial score (nSPS) is 11.8. The van der Waals surface area contributed by atoms with E-state index in [1.165, 1.54) is 4.90 Å². The summed E-state index contributed by atoms with van der Waals surface area (Å²) in [5.74, 6) is 0.712. The molecule has 22 heavy (non-hydrogen) atoms. The predicted molar refractivity (Wildman–Crippen MR) is 91.8 cm³/mol. The molecule has 0 unspecified atom stereocenters. The van der Waals surface area contributed by atoms with Crippen molar-refractivity contribution in [1.29, 1.82) is 0 Å². The van der Waals surface area contributed by atoms with Crippen LogP contribution in [-0.4, -0.2) is 19.3 Å². The third kappa shape index (κ3) is 3.83. The van der Waals surface area contributed by atoms with E-state index >= 15 is 0 Å². The first-order valence-electron chi connectivity index (χ1n) is 7.14. The highest BCUT2D eigenvalue weighted by Gasteiger charge is 2.12. The molecule has 2 aromatic carbocycles. The molecule has 0 aliphatic heterocycles. The van der Waals surface area contributed by atoms with Crippen LogP contribution in [0.3, 0.4) is 0 Å². The second-order valence-electron chi connectivity index (χ2n) is 5.15. The summed E-state index contributed by atoms with van der Waals surface area (Å²) >= 11 is 1.71. The Morgan fingerprint density at radius 3 is 2.41 bits per heavy atom. The van der Waals surface area contributed by atoms with Crippen molar-refractivity contribution in [3.63, 3.8) is 0 Å². The Labute approximate surface area is 136 Å². The summed E-state index contributed by atoms with van der Waals surface area (Å²) in [7, 11) is 1.63. The lowest BCUT2D eigenvalue weighted by Crippen LogP contribution is -2.26. The molecule has 0 radical (unpaired) electrons. The van der Waals surface area contributed by atoms with Crippen LogP contribution in [0, 0.1) is 6.92 Å². The summed E-state index contributed by atoms with van der Waals surface area (Å²) in [6.07, 6.45) is 2.05. The van der Waals surface area contributed by atoms with Gasteiger partial charge in [0, 0.05) is 10.5 Å². The number of carbonyl (C=O) groups is 1. The highest BCUT2D eigenvalue weighted by Crippen LogP contribution is 2.21. The van der Waals surface area contributed by atoms with Gasteiger partial charge in [-0.15, -0.1) is 11.8 Å². The summed E-state index contributed by atoms with van der Waals surface area (Å²) in [6.45, 7) is 3.92. The molecular formula is C18H21NO2S. The summed E-state index contributed by atoms with van der Waals surface area (Å²) in [6, 6.07) is 13.7. The third-order valence-corrected chi connectivity index (χ3v) is 4.36. The number of thioether (sulfide) groups is 1. The van der Waals surface area contributed by atoms with Gasteiger partial charge in [0.15, 0.2) is 0 Å². The van der Waals surface area contributed by atoms with Crippen LogP contribution < -0.4 is 10.1 Å². The van der Waals surface area contributed by atoms with E-state index in [0.717, 1.165) is 16.9 Å². The van der Waals surface area contributed by atoms with Crippen molar-refractivity contribution >= 4 is 17.7 Å². The summed E-state index contributed by atoms with van der Waals surface area (Å²) in [4.78, 5) is 13.6. The Hall–Kier alpha value is -1.94. The molecule has 3 nitrogen and oxygen atoms in total. The Morgan fingerprint density at radius 2 is 1.86 bits per heavy atom. The topological polar surface area (TPSA) is 38.3 Å². The SMILES string of the molecule is COc1ccc(C(=O)N[C@H](C)c2ccc(SC)cc2)cc1C. The number of nitrogens with one attached hydrogen (secondary N) is 1. The van der Waals surface area contributed by atoms with Crippen molar-refractivity contribution in [1.82, 2.24) is 5.32 Å². The van der Waals surface area contributed by atoms with Crippen molar-refractivity contribution in [2.24, 2.45) is 0 Å². The first-order chi connectivity index (χ1) is 10.5. The number of aryl methyl sites for hydroxylation is 1. The zero-order valence-corrected chi connectivity index (χ0v) is 14.2. The number of amides is 1. The van der Waals surface area contributed by atoms with Crippen molar-refractivity contribution in [2.75, 3.05) is 13.4 Å². The van der Waals surface area contributed by atoms with Gasteiger partial charge in [-0.25, -0.2) is 0 Å². The summed E-state index contributed by atoms with van der Waals surface area (Å²) < 4.78 is 5.22. The quantitative estimate of drug-likeness (QED) is 0.840. The molecule has 0 saturated heterocycles. The molecule has 1 N–H and O–H groups in total. The maximum atomic E-state index is 12.3. The van der Waals surface area contributed by atoms with E-state index in [4.69, 9.17) is 4.74 Å². The second kappa shape index (κ2) is 7.36. The van der Waals surface area contributed by atoms with Gasteiger partial charge < -0.3 is 10.1 Å². The maximum absolute atomic E-state index is 12.3. The van der Waals surface area contributed by atoms with Gasteiger partial charge in [0.25, 0.3) is 5.91 Å². The van der Waals surface area contributed by atoms with Crippen LogP contribution in [0.5, 0.6) is 5.75 Å². The fourth-order valence-electron chi connectivity index (χ4n) is 2.28. The van der Waals surface area contributed by atoms with Gasteiger partial charge in [0.1, 0.15) is 5.75 Å². The first kappa shape index (κ1) is 16.4. The molecule has 2 aromatic rings. The molecular weight excluding hydrogens is 294 g/mol. The highest BCUT2D eigenvalue weighted by atomic mass is 32.2. The number of methoxy groups -OCH3 is 1. The molecule has 2 rings (SSSR count). The lowest BCUT2D eigenvalue weighted by atomic mass is 10.1. The predicted octanol–water partition coefficient (Wildman–Crippen LogP) is 4.22. The van der Waals surface area contributed by atoms with Crippen LogP contribution in [-0.2, 0) is 0 Å². The van der Waals surface area contributed by atoms with E-state index in [0.29, 0.717) is 5.56 Å². The molecule has 0 aliphatic carbocycles. The van der Waals surface area contributed by atoms with Gasteiger partial charge in [0.2, 0.25) is 0 Å². The van der Waals surface area contributed by atoms with Gasteiger partial charge in [-0.05, 0) is 61.6 Å². The smallest absolute Gasteiger partial charge is 0.251 e. The Morgan fingerprint density at radius 1 is 1.18 bits per heavy atom. The zero-order chi connectivity index (χ0) is 16.1. The molecule has 0 bridgehead atoms. The molecule has 0 spiro atoms. The largest absolute Gasteiger partial charge is 0.496 e. The van der Waals surface area contributed by atoms with Gasteiger partial charge in [-0.3, -0.25) is 4.79 Å². The van der Waals surface area contributed by atoms with Gasteiger partial charge in [-0.1, -0.05) is 12.1 Å². The first-order valence-corrected chi connectivity index (χ1v) is 8.37. The molecule has 0 saturated carbocycles. The molecule has 1 amide bonds. The standard InChI is InChI=1S/C18H21NO2S/c1-12-11-15(7-10-17(12)21-3)18(20)19-13(2)14-5-8-16(22-4)9-6-14/h5-11,13H,1-4H3,(H,19,20)/t13-/m1/s1. The Balaban J connectivity index is 2.08. The fraction of sp³-hybridized carbons (Fsp3) is 0.278. The van der Waals surface area contributed by atoms with Crippen LogP contribution >= 0.6 is 11.8 Å². The van der Waals surface area contributed by atoms with Gasteiger partial charge >= 0.3 is 0 Å². The average Bonchev–Trinajstić information content (AvgIpc) is 2.54. The number of carbonyl (C=O) groups excluding carboxylic acids is 1. The Bertz CT molecular complexity index is 653. The minimum atomic E-state index is -0.0767. The van der Waals surface area contributed by atoms with Crippen LogP contribution in [0.2, 0.25) is 0 Å². The lowest BCUT2D eigenvalue weighted by molar-refractivity contribution is 0.0939. The molecule has 0 aliphatic rings. The highest BCUT2D eigenvalue weighted by molar-refractivity contribution is 7.98. The maximum Gasteiger partial charge on any atom is 0.251 e. The zero-order valence-electron chi connectivity index (χ0n) is 13.3. The van der Waals surface area contributed by atoms with Gasteiger partial charge in [-0.2, -0.15) is 0 Å². The van der Waals surface area contributed by atoms with Crippen molar-refractivity contribution in [2.45, 2.75) is 24.8 Å². The third-order valence-electron chi connectivity index (χ3n) is 3.62. The molecule has 4 heteroatoms. The molecule has 116 valence electrons. The lowest BCUT2D eigenvalue weighted by Gasteiger charge is -2.15. The molecule has 0 fully saturated rings. The van der Waals surface area contributed by atoms with Crippen molar-refractivity contribution in [3.05, 3.63) is 59.2 Å². The molecule has 0 aromatic heterocycles. The second-order valence-corrected chi connectivity index (χ2v) is 6.03. The van der Waals surface area contributed by atoms with Crippen LogP contribution in [0.25, 0.3) is 0 Å². The number of ether oxygens (including phenoxy) is 1. The van der Waals surface area contributed by atoms with Gasteiger partial charge in [0.05, 0.1) is 13.2 Å². The molecule has 0 heterocycles. The van der Waals surface area contributed by atoms with E-state index in [1.54, 1.807) is 24.9 Å². The number of rotatable bonds is 5. The minimum absolute atomic E-state index is 0.0363.